The zero-order chi connectivity index (χ0) is 32.3. The van der Waals surface area contributed by atoms with E-state index in [-0.39, 0.29) is 11.7 Å². The van der Waals surface area contributed by atoms with Crippen molar-refractivity contribution in [2.24, 2.45) is 0 Å². The Balaban J connectivity index is 1.07. The van der Waals surface area contributed by atoms with Gasteiger partial charge in [0.1, 0.15) is 29.4 Å². The molecule has 1 aliphatic heterocycles. The van der Waals surface area contributed by atoms with Crippen molar-refractivity contribution in [2.75, 3.05) is 49.6 Å². The van der Waals surface area contributed by atoms with Crippen LogP contribution in [0.2, 0.25) is 0 Å². The van der Waals surface area contributed by atoms with Gasteiger partial charge in [-0.05, 0) is 74.7 Å². The Morgan fingerprint density at radius 1 is 0.872 bits per heavy atom. The Kier molecular flexibility index (Phi) is 8.73. The van der Waals surface area contributed by atoms with Gasteiger partial charge in [-0.15, -0.1) is 0 Å². The van der Waals surface area contributed by atoms with E-state index in [0.29, 0.717) is 40.0 Å². The molecule has 2 amide bonds. The van der Waals surface area contributed by atoms with Crippen LogP contribution in [0.4, 0.5) is 26.4 Å². The number of nitrogens with two attached hydrogens (primary N) is 1. The summed E-state index contributed by atoms with van der Waals surface area (Å²) in [5, 5.41) is 6.10. The van der Waals surface area contributed by atoms with Gasteiger partial charge in [0.25, 0.3) is 0 Å². The molecule has 47 heavy (non-hydrogen) atoms. The average molecular weight is 635 g/mol. The molecule has 7 rings (SSSR count). The number of carbonyl (C=O) groups is 1. The minimum Gasteiger partial charge on any atom is -0.455 e. The predicted molar refractivity (Wildman–Crippen MR) is 183 cm³/mol. The summed E-state index contributed by atoms with van der Waals surface area (Å²) in [5.41, 5.74) is 9.04. The van der Waals surface area contributed by atoms with Crippen LogP contribution in [0.5, 0.6) is 11.5 Å². The number of halogens is 1. The molecule has 4 N–H and O–H groups in total. The van der Waals surface area contributed by atoms with Gasteiger partial charge < -0.3 is 30.6 Å². The highest BCUT2D eigenvalue weighted by Crippen LogP contribution is 2.39. The summed E-state index contributed by atoms with van der Waals surface area (Å²) in [6.45, 7) is 4.49. The zero-order valence-electron chi connectivity index (χ0n) is 26.4. The van der Waals surface area contributed by atoms with Gasteiger partial charge in [-0.2, -0.15) is 0 Å². The lowest BCUT2D eigenvalue weighted by Gasteiger charge is -2.41. The molecule has 2 aliphatic rings. The molecule has 0 atom stereocenters. The molecule has 2 fully saturated rings. The number of para-hydroxylation sites is 3. The first kappa shape index (κ1) is 30.6. The maximum atomic E-state index is 15.6. The van der Waals surface area contributed by atoms with Gasteiger partial charge in [-0.3, -0.25) is 4.90 Å². The highest BCUT2D eigenvalue weighted by Gasteiger charge is 2.30. The highest BCUT2D eigenvalue weighted by atomic mass is 19.1. The van der Waals surface area contributed by atoms with Crippen molar-refractivity contribution in [3.63, 3.8) is 0 Å². The van der Waals surface area contributed by atoms with Crippen molar-refractivity contribution in [3.05, 3.63) is 91.1 Å². The quantitative estimate of drug-likeness (QED) is 0.177. The Morgan fingerprint density at radius 3 is 2.34 bits per heavy atom. The molecule has 1 aliphatic carbocycles. The molecule has 3 heterocycles. The SMILES string of the molecule is CN1CCN([C@H]2CC[C@@H](n3cc(-c4ccc(NC(=O)Nc5ccccc5Oc5ccccc5)c(F)c4)c4c(N)ncnc43)CC2)CC1. The third-order valence-corrected chi connectivity index (χ3v) is 9.39. The first-order valence-electron chi connectivity index (χ1n) is 16.2. The summed E-state index contributed by atoms with van der Waals surface area (Å²) in [6.07, 6.45) is 7.86. The van der Waals surface area contributed by atoms with Gasteiger partial charge >= 0.3 is 6.03 Å². The summed E-state index contributed by atoms with van der Waals surface area (Å²) in [4.78, 5) is 26.9. The van der Waals surface area contributed by atoms with Crippen LogP contribution < -0.4 is 21.1 Å². The normalized spacial score (nSPS) is 19.0. The molecular formula is C36H39FN8O2. The maximum absolute atomic E-state index is 15.6. The van der Waals surface area contributed by atoms with Gasteiger partial charge in [0, 0.05) is 50.0 Å². The number of aromatic nitrogens is 3. The zero-order valence-corrected chi connectivity index (χ0v) is 26.4. The van der Waals surface area contributed by atoms with Crippen LogP contribution in [0.3, 0.4) is 0 Å². The molecule has 242 valence electrons. The van der Waals surface area contributed by atoms with Crippen molar-refractivity contribution in [1.82, 2.24) is 24.3 Å². The van der Waals surface area contributed by atoms with Crippen LogP contribution >= 0.6 is 0 Å². The second kappa shape index (κ2) is 13.4. The molecule has 11 heteroatoms. The van der Waals surface area contributed by atoms with Crippen molar-refractivity contribution in [1.29, 1.82) is 0 Å². The van der Waals surface area contributed by atoms with Crippen LogP contribution in [-0.4, -0.2) is 69.6 Å². The third kappa shape index (κ3) is 6.63. The lowest BCUT2D eigenvalue weighted by Crippen LogP contribution is -2.49. The van der Waals surface area contributed by atoms with E-state index in [2.05, 4.69) is 42.0 Å². The van der Waals surface area contributed by atoms with Crippen molar-refractivity contribution < 1.29 is 13.9 Å². The number of hydrogen-bond acceptors (Lipinski definition) is 7. The molecule has 0 bridgehead atoms. The van der Waals surface area contributed by atoms with Crippen molar-refractivity contribution >= 4 is 34.3 Å². The fourth-order valence-corrected chi connectivity index (χ4v) is 6.83. The summed E-state index contributed by atoms with van der Waals surface area (Å²) < 4.78 is 23.7. The summed E-state index contributed by atoms with van der Waals surface area (Å²) in [7, 11) is 2.19. The maximum Gasteiger partial charge on any atom is 0.323 e. The number of benzene rings is 3. The van der Waals surface area contributed by atoms with E-state index in [1.54, 1.807) is 30.3 Å². The lowest BCUT2D eigenvalue weighted by molar-refractivity contribution is 0.0828. The molecule has 0 spiro atoms. The number of ether oxygens (including phenoxy) is 1. The Bertz CT molecular complexity index is 1860. The molecule has 10 nitrogen and oxygen atoms in total. The highest BCUT2D eigenvalue weighted by molar-refractivity contribution is 6.02. The van der Waals surface area contributed by atoms with E-state index in [1.807, 2.05) is 42.6 Å². The van der Waals surface area contributed by atoms with E-state index in [1.165, 1.54) is 12.4 Å². The predicted octanol–water partition coefficient (Wildman–Crippen LogP) is 6.99. The van der Waals surface area contributed by atoms with Gasteiger partial charge in [0.2, 0.25) is 0 Å². The van der Waals surface area contributed by atoms with Gasteiger partial charge in [0.05, 0.1) is 16.8 Å². The van der Waals surface area contributed by atoms with Crippen LogP contribution in [0.1, 0.15) is 31.7 Å². The van der Waals surface area contributed by atoms with Crippen LogP contribution in [0, 0.1) is 5.82 Å². The third-order valence-electron chi connectivity index (χ3n) is 9.39. The summed E-state index contributed by atoms with van der Waals surface area (Å²) in [6, 6.07) is 21.4. The average Bonchev–Trinajstić information content (AvgIpc) is 3.48. The van der Waals surface area contributed by atoms with E-state index in [4.69, 9.17) is 10.5 Å². The molecule has 2 aromatic heterocycles. The number of likely N-dealkylation sites (N-methyl/N-ethyl adjacent to an activating group) is 1. The number of nitrogens with one attached hydrogen (secondary N) is 2. The standard InChI is InChI=1S/C36H39FN8O2/c1-43-17-19-44(20-18-43)25-12-14-26(15-13-25)45-22-28(33-34(38)39-23-40-35(33)45)24-11-16-30(29(37)21-24)41-36(46)42-31-9-5-6-10-32(31)47-27-7-3-2-4-8-27/h2-11,16,21-23,25-26H,12-15,17-20H2,1H3,(H2,38,39,40)(H2,41,42,46)/t25-,26+. The van der Waals surface area contributed by atoms with E-state index in [0.717, 1.165) is 63.1 Å². The van der Waals surface area contributed by atoms with E-state index >= 15 is 4.39 Å². The second-order valence-electron chi connectivity index (χ2n) is 12.4. The number of rotatable bonds is 7. The molecule has 0 radical (unpaired) electrons. The van der Waals surface area contributed by atoms with Gasteiger partial charge in [-0.1, -0.05) is 36.4 Å². The fourth-order valence-electron chi connectivity index (χ4n) is 6.83. The fraction of sp³-hybridized carbons (Fsp3) is 0.306. The smallest absolute Gasteiger partial charge is 0.323 e. The van der Waals surface area contributed by atoms with Gasteiger partial charge in [-0.25, -0.2) is 19.2 Å². The number of anilines is 3. The number of hydrogen-bond donors (Lipinski definition) is 3. The number of amides is 2. The minimum absolute atomic E-state index is 0.0443. The monoisotopic (exact) mass is 634 g/mol. The molecule has 1 saturated heterocycles. The lowest BCUT2D eigenvalue weighted by atomic mass is 9.89. The molecule has 3 aromatic carbocycles. The van der Waals surface area contributed by atoms with Crippen LogP contribution in [0.25, 0.3) is 22.2 Å². The number of piperazine rings is 1. The first-order valence-corrected chi connectivity index (χ1v) is 16.2. The number of nitrogens with zero attached hydrogens (tertiary/aromatic N) is 5. The second-order valence-corrected chi connectivity index (χ2v) is 12.4. The minimum atomic E-state index is -0.595. The first-order chi connectivity index (χ1) is 22.9. The number of fused-ring (bicyclic) bond motifs is 1. The topological polar surface area (TPSA) is 114 Å². The molecule has 5 aromatic rings. The van der Waals surface area contributed by atoms with E-state index < -0.39 is 11.8 Å². The Morgan fingerprint density at radius 2 is 1.57 bits per heavy atom. The van der Waals surface area contributed by atoms with Crippen molar-refractivity contribution in [3.8, 4) is 22.6 Å². The van der Waals surface area contributed by atoms with E-state index in [9.17, 15) is 4.79 Å². The van der Waals surface area contributed by atoms with Crippen LogP contribution in [-0.2, 0) is 0 Å². The number of urea groups is 1. The number of nitrogen functional groups attached to an aromatic ring is 1. The summed E-state index contributed by atoms with van der Waals surface area (Å²) >= 11 is 0. The van der Waals surface area contributed by atoms with Crippen LogP contribution in [0.15, 0.2) is 85.3 Å². The largest absolute Gasteiger partial charge is 0.455 e. The summed E-state index contributed by atoms with van der Waals surface area (Å²) in [5.74, 6) is 0.881. The molecular weight excluding hydrogens is 595 g/mol. The Hall–Kier alpha value is -5.00. The molecule has 1 saturated carbocycles. The van der Waals surface area contributed by atoms with Gasteiger partial charge in [0.15, 0.2) is 5.75 Å². The van der Waals surface area contributed by atoms with Crippen molar-refractivity contribution in [2.45, 2.75) is 37.8 Å². The molecule has 0 unspecified atom stereocenters. The number of carbonyl (C=O) groups excluding carboxylic acids is 1. The Labute approximate surface area is 273 Å².